The van der Waals surface area contributed by atoms with Crippen LogP contribution in [-0.4, -0.2) is 54.4 Å². The topological polar surface area (TPSA) is 77.7 Å². The van der Waals surface area contributed by atoms with Gasteiger partial charge < -0.3 is 18.9 Å². The second kappa shape index (κ2) is 6.12. The molecule has 0 spiro atoms. The van der Waals surface area contributed by atoms with Crippen LogP contribution >= 0.6 is 0 Å². The van der Waals surface area contributed by atoms with Crippen molar-refractivity contribution in [3.8, 4) is 0 Å². The number of aromatic nitrogens is 2. The zero-order chi connectivity index (χ0) is 13.8. The Morgan fingerprint density at radius 3 is 3.11 bits per heavy atom. The van der Waals surface area contributed by atoms with Crippen LogP contribution in [0.2, 0.25) is 0 Å². The summed E-state index contributed by atoms with van der Waals surface area (Å²) in [6.07, 6.45) is -0.203. The second-order valence-electron chi connectivity index (χ2n) is 4.59. The average Bonchev–Trinajstić information content (AvgIpc) is 2.87. The third-order valence-corrected chi connectivity index (χ3v) is 3.03. The maximum Gasteiger partial charge on any atom is 0.318 e. The lowest BCUT2D eigenvalue weighted by Crippen LogP contribution is -2.35. The summed E-state index contributed by atoms with van der Waals surface area (Å²) >= 11 is 0. The van der Waals surface area contributed by atoms with Crippen LogP contribution in [0.4, 0.5) is 0 Å². The fraction of sp³-hybridized carbons (Fsp3) is 0.750. The number of carbonyl (C=O) groups is 1. The van der Waals surface area contributed by atoms with E-state index in [1.807, 2.05) is 7.05 Å². The van der Waals surface area contributed by atoms with Crippen molar-refractivity contribution < 1.29 is 18.8 Å². The molecule has 1 aromatic rings. The average molecular weight is 269 g/mol. The van der Waals surface area contributed by atoms with Crippen molar-refractivity contribution in [3.05, 3.63) is 11.7 Å². The number of rotatable bonds is 4. The molecule has 0 bridgehead atoms. The lowest BCUT2D eigenvalue weighted by atomic mass is 10.2. The zero-order valence-corrected chi connectivity index (χ0v) is 11.5. The molecule has 106 valence electrons. The number of carbonyl (C=O) groups excluding carboxylic acids is 1. The first-order chi connectivity index (χ1) is 9.11. The molecule has 2 atom stereocenters. The number of ether oxygens (including phenoxy) is 2. The third kappa shape index (κ3) is 3.30. The van der Waals surface area contributed by atoms with Gasteiger partial charge in [-0.1, -0.05) is 5.16 Å². The smallest absolute Gasteiger partial charge is 0.318 e. The highest BCUT2D eigenvalue weighted by Crippen LogP contribution is 2.21. The molecule has 0 amide bonds. The molecule has 0 aliphatic carbocycles. The van der Waals surface area contributed by atoms with Crippen molar-refractivity contribution in [3.63, 3.8) is 0 Å². The molecular weight excluding hydrogens is 250 g/mol. The van der Waals surface area contributed by atoms with Crippen LogP contribution in [0.5, 0.6) is 0 Å². The SMILES string of the molecule is CCOC(=O)C(C)c1nc(C2CN(C)CCO2)no1. The summed E-state index contributed by atoms with van der Waals surface area (Å²) in [7, 11) is 2.01. The van der Waals surface area contributed by atoms with E-state index >= 15 is 0 Å². The molecule has 0 radical (unpaired) electrons. The summed E-state index contributed by atoms with van der Waals surface area (Å²) in [6, 6.07) is 0. The number of nitrogens with zero attached hydrogens (tertiary/aromatic N) is 3. The number of morpholine rings is 1. The number of hydrogen-bond acceptors (Lipinski definition) is 7. The van der Waals surface area contributed by atoms with Gasteiger partial charge in [-0.15, -0.1) is 0 Å². The molecule has 19 heavy (non-hydrogen) atoms. The molecule has 7 heteroatoms. The Bertz CT molecular complexity index is 434. The van der Waals surface area contributed by atoms with Crippen LogP contribution in [0.1, 0.15) is 37.6 Å². The quantitative estimate of drug-likeness (QED) is 0.746. The Hall–Kier alpha value is -1.47. The van der Waals surface area contributed by atoms with E-state index in [2.05, 4.69) is 15.0 Å². The van der Waals surface area contributed by atoms with Crippen LogP contribution in [0.3, 0.4) is 0 Å². The lowest BCUT2D eigenvalue weighted by Gasteiger charge is -2.27. The number of likely N-dealkylation sites (N-methyl/N-ethyl adjacent to an activating group) is 1. The standard InChI is InChI=1S/C12H19N3O4/c1-4-17-12(16)8(2)11-13-10(14-19-11)9-7-15(3)5-6-18-9/h8-9H,4-7H2,1-3H3. The summed E-state index contributed by atoms with van der Waals surface area (Å²) in [4.78, 5) is 18.0. The molecule has 2 heterocycles. The molecule has 1 saturated heterocycles. The largest absolute Gasteiger partial charge is 0.465 e. The maximum atomic E-state index is 11.6. The molecule has 1 fully saturated rings. The number of hydrogen-bond donors (Lipinski definition) is 0. The first kappa shape index (κ1) is 14.0. The molecule has 1 aromatic heterocycles. The minimum atomic E-state index is -0.553. The van der Waals surface area contributed by atoms with Crippen molar-refractivity contribution in [1.29, 1.82) is 0 Å². The molecular formula is C12H19N3O4. The van der Waals surface area contributed by atoms with Gasteiger partial charge >= 0.3 is 5.97 Å². The van der Waals surface area contributed by atoms with Crippen molar-refractivity contribution >= 4 is 5.97 Å². The van der Waals surface area contributed by atoms with Crippen LogP contribution in [-0.2, 0) is 14.3 Å². The van der Waals surface area contributed by atoms with E-state index < -0.39 is 5.92 Å². The molecule has 7 nitrogen and oxygen atoms in total. The highest BCUT2D eigenvalue weighted by Gasteiger charge is 2.28. The Morgan fingerprint density at radius 1 is 1.63 bits per heavy atom. The van der Waals surface area contributed by atoms with Crippen LogP contribution in [0, 0.1) is 0 Å². The van der Waals surface area contributed by atoms with E-state index in [9.17, 15) is 4.79 Å². The van der Waals surface area contributed by atoms with Gasteiger partial charge in [0.1, 0.15) is 12.0 Å². The Morgan fingerprint density at radius 2 is 2.42 bits per heavy atom. The van der Waals surface area contributed by atoms with Gasteiger partial charge in [0.2, 0.25) is 11.7 Å². The lowest BCUT2D eigenvalue weighted by molar-refractivity contribution is -0.145. The van der Waals surface area contributed by atoms with Gasteiger partial charge in [-0.3, -0.25) is 4.79 Å². The molecule has 0 saturated carbocycles. The van der Waals surface area contributed by atoms with Gasteiger partial charge in [-0.05, 0) is 20.9 Å². The van der Waals surface area contributed by atoms with E-state index in [1.54, 1.807) is 13.8 Å². The Labute approximate surface area is 111 Å². The monoisotopic (exact) mass is 269 g/mol. The first-order valence-electron chi connectivity index (χ1n) is 6.42. The van der Waals surface area contributed by atoms with Crippen molar-refractivity contribution in [2.24, 2.45) is 0 Å². The van der Waals surface area contributed by atoms with Crippen molar-refractivity contribution in [1.82, 2.24) is 15.0 Å². The summed E-state index contributed by atoms with van der Waals surface area (Å²) in [5.41, 5.74) is 0. The maximum absolute atomic E-state index is 11.6. The Balaban J connectivity index is 2.04. The van der Waals surface area contributed by atoms with Crippen molar-refractivity contribution in [2.45, 2.75) is 25.9 Å². The summed E-state index contributed by atoms with van der Waals surface area (Å²) < 4.78 is 15.6. The second-order valence-corrected chi connectivity index (χ2v) is 4.59. The van der Waals surface area contributed by atoms with Gasteiger partial charge in [-0.25, -0.2) is 0 Å². The van der Waals surface area contributed by atoms with E-state index in [0.29, 0.717) is 25.6 Å². The highest BCUT2D eigenvalue weighted by atomic mass is 16.5. The summed E-state index contributed by atoms with van der Waals surface area (Å²) in [5, 5.41) is 3.89. The van der Waals surface area contributed by atoms with Crippen molar-refractivity contribution in [2.75, 3.05) is 33.4 Å². The minimum absolute atomic E-state index is 0.203. The fourth-order valence-electron chi connectivity index (χ4n) is 1.86. The van der Waals surface area contributed by atoms with Crippen LogP contribution in [0.25, 0.3) is 0 Å². The number of esters is 1. The molecule has 0 aromatic carbocycles. The first-order valence-corrected chi connectivity index (χ1v) is 6.42. The van der Waals surface area contributed by atoms with Gasteiger partial charge in [0.15, 0.2) is 0 Å². The normalized spacial score (nSPS) is 22.2. The van der Waals surface area contributed by atoms with Gasteiger partial charge in [0.05, 0.1) is 13.2 Å². The molecule has 2 rings (SSSR count). The molecule has 1 aliphatic heterocycles. The van der Waals surface area contributed by atoms with E-state index in [-0.39, 0.29) is 18.0 Å². The Kier molecular flexibility index (Phi) is 4.49. The van der Waals surface area contributed by atoms with Crippen LogP contribution < -0.4 is 0 Å². The summed E-state index contributed by atoms with van der Waals surface area (Å²) in [5.74, 6) is -0.162. The fourth-order valence-corrected chi connectivity index (χ4v) is 1.86. The van der Waals surface area contributed by atoms with Gasteiger partial charge in [-0.2, -0.15) is 4.98 Å². The van der Waals surface area contributed by atoms with Crippen LogP contribution in [0.15, 0.2) is 4.52 Å². The highest BCUT2D eigenvalue weighted by molar-refractivity contribution is 5.76. The van der Waals surface area contributed by atoms with E-state index in [1.165, 1.54) is 0 Å². The molecule has 1 aliphatic rings. The van der Waals surface area contributed by atoms with Gasteiger partial charge in [0, 0.05) is 13.1 Å². The predicted octanol–water partition coefficient (Wildman–Crippen LogP) is 0.739. The minimum Gasteiger partial charge on any atom is -0.465 e. The third-order valence-electron chi connectivity index (χ3n) is 3.03. The van der Waals surface area contributed by atoms with E-state index in [0.717, 1.165) is 6.54 Å². The van der Waals surface area contributed by atoms with E-state index in [4.69, 9.17) is 14.0 Å². The summed E-state index contributed by atoms with van der Waals surface area (Å²) in [6.45, 7) is 6.02. The molecule has 0 N–H and O–H groups in total. The van der Waals surface area contributed by atoms with Gasteiger partial charge in [0.25, 0.3) is 0 Å². The zero-order valence-electron chi connectivity index (χ0n) is 11.5. The molecule has 2 unspecified atom stereocenters. The predicted molar refractivity (Wildman–Crippen MR) is 65.5 cm³/mol.